The zero-order chi connectivity index (χ0) is 12.8. The fraction of sp³-hybridized carbons (Fsp3) is 0.400. The van der Waals surface area contributed by atoms with Crippen LogP contribution in [0.2, 0.25) is 0 Å². The first-order valence-electron chi connectivity index (χ1n) is 4.93. The molecule has 0 radical (unpaired) electrons. The zero-order valence-corrected chi connectivity index (χ0v) is 10.2. The first-order valence-corrected chi connectivity index (χ1v) is 5.81. The van der Waals surface area contributed by atoms with E-state index in [1.165, 1.54) is 19.2 Å². The molecule has 0 aliphatic rings. The quantitative estimate of drug-likeness (QED) is 0.354. The third-order valence-electron chi connectivity index (χ3n) is 1.75. The van der Waals surface area contributed by atoms with E-state index in [2.05, 4.69) is 9.97 Å². The summed E-state index contributed by atoms with van der Waals surface area (Å²) in [6.45, 7) is 3.14. The summed E-state index contributed by atoms with van der Waals surface area (Å²) in [5.41, 5.74) is -0.339. The summed E-state index contributed by atoms with van der Waals surface area (Å²) in [6.07, 6.45) is 1.31. The maximum atomic E-state index is 11.5. The van der Waals surface area contributed by atoms with Gasteiger partial charge in [-0.05, 0) is 13.8 Å². The van der Waals surface area contributed by atoms with Crippen LogP contribution in [0.5, 0.6) is 0 Å². The fourth-order valence-electron chi connectivity index (χ4n) is 1.04. The molecule has 1 aromatic rings. The third-order valence-corrected chi connectivity index (χ3v) is 2.94. The van der Waals surface area contributed by atoms with Crippen molar-refractivity contribution in [1.29, 1.82) is 0 Å². The maximum Gasteiger partial charge on any atom is 0.327 e. The summed E-state index contributed by atoms with van der Waals surface area (Å²) in [5.74, 6) is -0.976. The minimum atomic E-state index is -1.000. The van der Waals surface area contributed by atoms with Crippen molar-refractivity contribution >= 4 is 23.5 Å². The van der Waals surface area contributed by atoms with Crippen LogP contribution >= 0.6 is 11.8 Å². The van der Waals surface area contributed by atoms with Crippen molar-refractivity contribution in [3.8, 4) is 0 Å². The number of esters is 1. The molecule has 6 nitrogen and oxygen atoms in total. The van der Waals surface area contributed by atoms with Crippen LogP contribution in [0.3, 0.4) is 0 Å². The van der Waals surface area contributed by atoms with Crippen molar-refractivity contribution in [1.82, 2.24) is 9.97 Å². The van der Waals surface area contributed by atoms with Gasteiger partial charge in [-0.2, -0.15) is 0 Å². The molecule has 17 heavy (non-hydrogen) atoms. The molecule has 1 heterocycles. The van der Waals surface area contributed by atoms with Crippen molar-refractivity contribution in [2.75, 3.05) is 6.61 Å². The molecule has 0 amide bonds. The average molecular weight is 256 g/mol. The number of hydrogen-bond acceptors (Lipinski definition) is 6. The molecule has 1 N–H and O–H groups in total. The Labute approximate surface area is 102 Å². The Morgan fingerprint density at radius 3 is 2.82 bits per heavy atom. The fourth-order valence-corrected chi connectivity index (χ4v) is 1.87. The minimum absolute atomic E-state index is 0.196. The number of thioether (sulfide) groups is 1. The monoisotopic (exact) mass is 256 g/mol. The number of rotatable bonds is 5. The lowest BCUT2D eigenvalue weighted by Crippen LogP contribution is -2.27. The maximum absolute atomic E-state index is 11.5. The second-order valence-corrected chi connectivity index (χ2v) is 4.19. The standard InChI is InChI=1S/C10H12N2O4S/c1-3-16-9(15)8(6(2)13)17-10-11-5-4-7(14)12-10/h4-5,8H,3H2,1-2H3,(H,11,12,14). The molecule has 7 heteroatoms. The third kappa shape index (κ3) is 4.03. The van der Waals surface area contributed by atoms with Gasteiger partial charge < -0.3 is 9.72 Å². The van der Waals surface area contributed by atoms with Crippen molar-refractivity contribution < 1.29 is 14.3 Å². The molecular weight excluding hydrogens is 244 g/mol. The Hall–Kier alpha value is -1.63. The molecule has 1 unspecified atom stereocenters. The molecule has 0 aromatic carbocycles. The zero-order valence-electron chi connectivity index (χ0n) is 9.43. The molecule has 0 aliphatic heterocycles. The molecule has 1 atom stereocenters. The normalized spacial score (nSPS) is 11.9. The van der Waals surface area contributed by atoms with E-state index in [9.17, 15) is 14.4 Å². The van der Waals surface area contributed by atoms with Gasteiger partial charge in [-0.25, -0.2) is 4.98 Å². The van der Waals surface area contributed by atoms with E-state index in [1.807, 2.05) is 0 Å². The number of carbonyl (C=O) groups excluding carboxylic acids is 2. The predicted octanol–water partition coefficient (Wildman–Crippen LogP) is 0.383. The lowest BCUT2D eigenvalue weighted by Gasteiger charge is -2.10. The smallest absolute Gasteiger partial charge is 0.327 e. The number of aromatic nitrogens is 2. The molecule has 0 bridgehead atoms. The van der Waals surface area contributed by atoms with Crippen LogP contribution in [0, 0.1) is 0 Å². The van der Waals surface area contributed by atoms with Crippen LogP contribution in [-0.2, 0) is 14.3 Å². The average Bonchev–Trinajstić information content (AvgIpc) is 2.26. The van der Waals surface area contributed by atoms with Crippen molar-refractivity contribution in [3.05, 3.63) is 22.6 Å². The molecule has 1 rings (SSSR count). The van der Waals surface area contributed by atoms with Gasteiger partial charge in [0.05, 0.1) is 6.61 Å². The number of H-pyrrole nitrogens is 1. The Morgan fingerprint density at radius 2 is 2.29 bits per heavy atom. The Kier molecular flexibility index (Phi) is 4.89. The van der Waals surface area contributed by atoms with E-state index in [4.69, 9.17) is 4.74 Å². The summed E-state index contributed by atoms with van der Waals surface area (Å²) >= 11 is 0.868. The van der Waals surface area contributed by atoms with Gasteiger partial charge in [0, 0.05) is 12.3 Å². The molecular formula is C10H12N2O4S. The SMILES string of the molecule is CCOC(=O)C(Sc1nccc(=O)[nH]1)C(C)=O. The van der Waals surface area contributed by atoms with E-state index in [0.717, 1.165) is 11.8 Å². The number of nitrogens with zero attached hydrogens (tertiary/aromatic N) is 1. The highest BCUT2D eigenvalue weighted by atomic mass is 32.2. The molecule has 0 spiro atoms. The summed E-state index contributed by atoms with van der Waals surface area (Å²) in [6, 6.07) is 1.25. The number of ketones is 1. The van der Waals surface area contributed by atoms with Gasteiger partial charge in [0.25, 0.3) is 5.56 Å². The molecule has 0 saturated carbocycles. The molecule has 1 aromatic heterocycles. The van der Waals surface area contributed by atoms with Crippen LogP contribution in [0.15, 0.2) is 22.2 Å². The molecule has 0 fully saturated rings. The van der Waals surface area contributed by atoms with Gasteiger partial charge in [-0.15, -0.1) is 0 Å². The second-order valence-electron chi connectivity index (χ2n) is 3.10. The summed E-state index contributed by atoms with van der Waals surface area (Å²) < 4.78 is 4.77. The molecule has 0 saturated heterocycles. The number of nitrogens with one attached hydrogen (secondary N) is 1. The highest BCUT2D eigenvalue weighted by Crippen LogP contribution is 2.20. The first kappa shape index (κ1) is 13.4. The lowest BCUT2D eigenvalue weighted by molar-refractivity contribution is -0.144. The van der Waals surface area contributed by atoms with Crippen LogP contribution < -0.4 is 5.56 Å². The summed E-state index contributed by atoms with van der Waals surface area (Å²) in [7, 11) is 0. The van der Waals surface area contributed by atoms with Crippen molar-refractivity contribution in [3.63, 3.8) is 0 Å². The van der Waals surface area contributed by atoms with Crippen LogP contribution in [-0.4, -0.2) is 33.6 Å². The Bertz CT molecular complexity index is 471. The number of Topliss-reactive ketones (excluding diaryl/α,β-unsaturated/α-hetero) is 1. The highest BCUT2D eigenvalue weighted by molar-refractivity contribution is 8.01. The Morgan fingerprint density at radius 1 is 1.59 bits per heavy atom. The van der Waals surface area contributed by atoms with Crippen LogP contribution in [0.25, 0.3) is 0 Å². The summed E-state index contributed by atoms with van der Waals surface area (Å²) in [5, 5.41) is -0.786. The first-order chi connectivity index (χ1) is 8.04. The largest absolute Gasteiger partial charge is 0.465 e. The van der Waals surface area contributed by atoms with Gasteiger partial charge in [0.1, 0.15) is 0 Å². The van der Waals surface area contributed by atoms with Gasteiger partial charge >= 0.3 is 5.97 Å². The predicted molar refractivity (Wildman–Crippen MR) is 61.8 cm³/mol. The number of hydrogen-bond donors (Lipinski definition) is 1. The van der Waals surface area contributed by atoms with Crippen LogP contribution in [0.4, 0.5) is 0 Å². The lowest BCUT2D eigenvalue weighted by atomic mass is 10.3. The van der Waals surface area contributed by atoms with Gasteiger partial charge in [-0.3, -0.25) is 14.4 Å². The highest BCUT2D eigenvalue weighted by Gasteiger charge is 2.26. The van der Waals surface area contributed by atoms with Crippen molar-refractivity contribution in [2.24, 2.45) is 0 Å². The topological polar surface area (TPSA) is 89.1 Å². The number of aromatic amines is 1. The Balaban J connectivity index is 2.84. The van der Waals surface area contributed by atoms with Crippen LogP contribution in [0.1, 0.15) is 13.8 Å². The van der Waals surface area contributed by atoms with E-state index in [1.54, 1.807) is 6.92 Å². The molecule has 0 aliphatic carbocycles. The summed E-state index contributed by atoms with van der Waals surface area (Å²) in [4.78, 5) is 40.1. The van der Waals surface area contributed by atoms with E-state index < -0.39 is 11.2 Å². The van der Waals surface area contributed by atoms with E-state index in [-0.39, 0.29) is 23.1 Å². The van der Waals surface area contributed by atoms with Gasteiger partial charge in [0.15, 0.2) is 16.2 Å². The number of carbonyl (C=O) groups is 2. The molecule has 92 valence electrons. The van der Waals surface area contributed by atoms with E-state index in [0.29, 0.717) is 0 Å². The second kappa shape index (κ2) is 6.19. The van der Waals surface area contributed by atoms with Gasteiger partial charge in [-0.1, -0.05) is 11.8 Å². The van der Waals surface area contributed by atoms with E-state index >= 15 is 0 Å². The van der Waals surface area contributed by atoms with Crippen molar-refractivity contribution in [2.45, 2.75) is 24.3 Å². The van der Waals surface area contributed by atoms with Gasteiger partial charge in [0.2, 0.25) is 0 Å². The minimum Gasteiger partial charge on any atom is -0.465 e. The number of ether oxygens (including phenoxy) is 1.